The summed E-state index contributed by atoms with van der Waals surface area (Å²) in [7, 11) is 0. The second kappa shape index (κ2) is 5.12. The zero-order valence-electron chi connectivity index (χ0n) is 9.50. The third-order valence-electron chi connectivity index (χ3n) is 2.24. The van der Waals surface area contributed by atoms with E-state index in [4.69, 9.17) is 11.6 Å². The maximum atomic E-state index is 11.6. The van der Waals surface area contributed by atoms with Gasteiger partial charge in [0.15, 0.2) is 11.2 Å². The zero-order chi connectivity index (χ0) is 12.3. The van der Waals surface area contributed by atoms with Crippen molar-refractivity contribution in [3.8, 4) is 0 Å². The fourth-order valence-corrected chi connectivity index (χ4v) is 1.31. The number of hydrogen-bond acceptors (Lipinski definition) is 2. The van der Waals surface area contributed by atoms with Gasteiger partial charge in [-0.3, -0.25) is 9.59 Å². The summed E-state index contributed by atoms with van der Waals surface area (Å²) in [6.45, 7) is 5.10. The summed E-state index contributed by atoms with van der Waals surface area (Å²) >= 11 is 5.65. The first-order chi connectivity index (χ1) is 7.41. The van der Waals surface area contributed by atoms with E-state index in [-0.39, 0.29) is 5.78 Å². The molecule has 0 saturated carbocycles. The van der Waals surface area contributed by atoms with E-state index < -0.39 is 11.3 Å². The quantitative estimate of drug-likeness (QED) is 0.651. The van der Waals surface area contributed by atoms with Crippen LogP contribution in [0.25, 0.3) is 0 Å². The highest BCUT2D eigenvalue weighted by molar-refractivity contribution is 6.43. The number of carbonyl (C=O) groups is 2. The van der Waals surface area contributed by atoms with E-state index in [9.17, 15) is 9.59 Å². The largest absolute Gasteiger partial charge is 0.324 e. The van der Waals surface area contributed by atoms with Crippen molar-refractivity contribution >= 4 is 29.0 Å². The van der Waals surface area contributed by atoms with Crippen molar-refractivity contribution in [1.29, 1.82) is 0 Å². The summed E-state index contributed by atoms with van der Waals surface area (Å²) in [5.41, 5.74) is 2.66. The number of carbonyl (C=O) groups excluding carboxylic acids is 2. The molecule has 1 rings (SSSR count). The summed E-state index contributed by atoms with van der Waals surface area (Å²) in [5.74, 6) is -0.840. The summed E-state index contributed by atoms with van der Waals surface area (Å²) in [5, 5.41) is 1.52. The maximum Gasteiger partial charge on any atom is 0.250 e. The van der Waals surface area contributed by atoms with Crippen molar-refractivity contribution in [1.82, 2.24) is 0 Å². The lowest BCUT2D eigenvalue weighted by Crippen LogP contribution is -2.29. The molecule has 1 N–H and O–H groups in total. The molecule has 0 spiro atoms. The van der Waals surface area contributed by atoms with Crippen LogP contribution in [0, 0.1) is 13.8 Å². The predicted molar refractivity (Wildman–Crippen MR) is 64.9 cm³/mol. The van der Waals surface area contributed by atoms with Gasteiger partial charge in [-0.2, -0.15) is 0 Å². The summed E-state index contributed by atoms with van der Waals surface area (Å²) < 4.78 is 0. The van der Waals surface area contributed by atoms with Crippen molar-refractivity contribution in [2.45, 2.75) is 26.1 Å². The molecule has 1 aromatic carbocycles. The molecule has 0 fully saturated rings. The van der Waals surface area contributed by atoms with E-state index in [0.717, 1.165) is 11.1 Å². The molecule has 3 nitrogen and oxygen atoms in total. The molecule has 1 aromatic rings. The highest BCUT2D eigenvalue weighted by Crippen LogP contribution is 2.17. The number of hydrogen-bond donors (Lipinski definition) is 1. The van der Waals surface area contributed by atoms with E-state index in [0.29, 0.717) is 5.69 Å². The number of nitrogens with one attached hydrogen (secondary N) is 1. The van der Waals surface area contributed by atoms with E-state index >= 15 is 0 Å². The van der Waals surface area contributed by atoms with Crippen LogP contribution < -0.4 is 5.32 Å². The first kappa shape index (κ1) is 12.7. The molecular weight excluding hydrogens is 226 g/mol. The molecule has 0 aliphatic carbocycles. The number of rotatable bonds is 3. The van der Waals surface area contributed by atoms with E-state index in [2.05, 4.69) is 5.32 Å². The first-order valence-electron chi connectivity index (χ1n) is 4.94. The van der Waals surface area contributed by atoms with Gasteiger partial charge >= 0.3 is 0 Å². The molecule has 86 valence electrons. The number of ketones is 1. The van der Waals surface area contributed by atoms with Crippen molar-refractivity contribution in [3.05, 3.63) is 29.3 Å². The molecule has 0 heterocycles. The van der Waals surface area contributed by atoms with Crippen LogP contribution in [0.4, 0.5) is 5.69 Å². The van der Waals surface area contributed by atoms with Crippen LogP contribution >= 0.6 is 11.6 Å². The van der Waals surface area contributed by atoms with Gasteiger partial charge in [0.05, 0.1) is 0 Å². The van der Waals surface area contributed by atoms with Crippen LogP contribution in [0.15, 0.2) is 18.2 Å². The molecule has 0 bridgehead atoms. The van der Waals surface area contributed by atoms with Crippen molar-refractivity contribution in [2.24, 2.45) is 0 Å². The summed E-state index contributed by atoms with van der Waals surface area (Å²) in [6.07, 6.45) is 0. The van der Waals surface area contributed by atoms with Crippen LogP contribution in [0.3, 0.4) is 0 Å². The Balaban J connectivity index is 2.84. The number of benzene rings is 1. The molecule has 4 heteroatoms. The first-order valence-corrected chi connectivity index (χ1v) is 5.38. The van der Waals surface area contributed by atoms with Crippen molar-refractivity contribution < 1.29 is 9.59 Å². The Morgan fingerprint density at radius 1 is 1.31 bits per heavy atom. The molecule has 0 aromatic heterocycles. The standard InChI is InChI=1S/C12H14ClNO2/c1-7-4-5-8(2)10(6-7)14-12(16)11(13)9(3)15/h4-6,11H,1-3H3,(H,14,16). The van der Waals surface area contributed by atoms with Crippen LogP contribution in [0.5, 0.6) is 0 Å². The van der Waals surface area contributed by atoms with E-state index in [1.54, 1.807) is 0 Å². The van der Waals surface area contributed by atoms with Gasteiger partial charge in [-0.1, -0.05) is 12.1 Å². The van der Waals surface area contributed by atoms with Gasteiger partial charge in [-0.15, -0.1) is 11.6 Å². The topological polar surface area (TPSA) is 46.2 Å². The molecular formula is C12H14ClNO2. The molecule has 1 atom stereocenters. The van der Waals surface area contributed by atoms with E-state index in [1.165, 1.54) is 6.92 Å². The normalized spacial score (nSPS) is 12.0. The number of Topliss-reactive ketones (excluding diaryl/α,β-unsaturated/α-hetero) is 1. The average molecular weight is 240 g/mol. The minimum Gasteiger partial charge on any atom is -0.324 e. The molecule has 1 unspecified atom stereocenters. The third-order valence-corrected chi connectivity index (χ3v) is 2.74. The zero-order valence-corrected chi connectivity index (χ0v) is 10.3. The highest BCUT2D eigenvalue weighted by Gasteiger charge is 2.20. The number of anilines is 1. The Morgan fingerprint density at radius 3 is 2.50 bits per heavy atom. The number of amides is 1. The van der Waals surface area contributed by atoms with E-state index in [1.807, 2.05) is 32.0 Å². The average Bonchev–Trinajstić information content (AvgIpc) is 2.22. The number of aryl methyl sites for hydroxylation is 2. The van der Waals surface area contributed by atoms with Gasteiger partial charge in [-0.05, 0) is 38.0 Å². The fraction of sp³-hybridized carbons (Fsp3) is 0.333. The monoisotopic (exact) mass is 239 g/mol. The number of halogens is 1. The smallest absolute Gasteiger partial charge is 0.250 e. The van der Waals surface area contributed by atoms with Gasteiger partial charge in [-0.25, -0.2) is 0 Å². The fourth-order valence-electron chi connectivity index (χ4n) is 1.25. The Bertz CT molecular complexity index is 429. The highest BCUT2D eigenvalue weighted by atomic mass is 35.5. The summed E-state index contributed by atoms with van der Waals surface area (Å²) in [6, 6.07) is 5.70. The van der Waals surface area contributed by atoms with Crippen molar-refractivity contribution in [3.63, 3.8) is 0 Å². The Morgan fingerprint density at radius 2 is 1.94 bits per heavy atom. The predicted octanol–water partition coefficient (Wildman–Crippen LogP) is 2.44. The van der Waals surface area contributed by atoms with Gasteiger partial charge in [0.2, 0.25) is 5.91 Å². The Labute approximate surface area is 99.8 Å². The van der Waals surface area contributed by atoms with Gasteiger partial charge < -0.3 is 5.32 Å². The lowest BCUT2D eigenvalue weighted by molar-refractivity contribution is -0.123. The van der Waals surface area contributed by atoms with Crippen LogP contribution in [-0.2, 0) is 9.59 Å². The van der Waals surface area contributed by atoms with Crippen LogP contribution in [-0.4, -0.2) is 17.1 Å². The molecule has 0 saturated heterocycles. The second-order valence-electron chi connectivity index (χ2n) is 3.78. The SMILES string of the molecule is CC(=O)C(Cl)C(=O)Nc1cc(C)ccc1C. The van der Waals surface area contributed by atoms with Crippen molar-refractivity contribution in [2.75, 3.05) is 5.32 Å². The molecule has 16 heavy (non-hydrogen) atoms. The minimum absolute atomic E-state index is 0.357. The van der Waals surface area contributed by atoms with Gasteiger partial charge in [0, 0.05) is 5.69 Å². The lowest BCUT2D eigenvalue weighted by Gasteiger charge is -2.11. The molecule has 1 amide bonds. The third kappa shape index (κ3) is 3.07. The lowest BCUT2D eigenvalue weighted by atomic mass is 10.1. The maximum absolute atomic E-state index is 11.6. The van der Waals surface area contributed by atoms with Crippen LogP contribution in [0.1, 0.15) is 18.1 Å². The molecule has 0 radical (unpaired) electrons. The van der Waals surface area contributed by atoms with Crippen LogP contribution in [0.2, 0.25) is 0 Å². The van der Waals surface area contributed by atoms with Gasteiger partial charge in [0.25, 0.3) is 0 Å². The van der Waals surface area contributed by atoms with Gasteiger partial charge in [0.1, 0.15) is 0 Å². The Kier molecular flexibility index (Phi) is 4.07. The number of alkyl halides is 1. The molecule has 0 aliphatic rings. The molecule has 0 aliphatic heterocycles. The Hall–Kier alpha value is -1.35. The second-order valence-corrected chi connectivity index (χ2v) is 4.22. The summed E-state index contributed by atoms with van der Waals surface area (Å²) in [4.78, 5) is 22.5. The minimum atomic E-state index is -1.13.